The number of nitrogens with one attached hydrogen (secondary N) is 3. The Hall–Kier alpha value is -3.96. The Bertz CT molecular complexity index is 1650. The molecular weight excluding hydrogens is 534 g/mol. The van der Waals surface area contributed by atoms with Crippen LogP contribution < -0.4 is 26.1 Å². The third-order valence-corrected chi connectivity index (χ3v) is 7.73. The van der Waals surface area contributed by atoms with Gasteiger partial charge in [-0.15, -0.1) is 0 Å². The zero-order valence-electron chi connectivity index (χ0n) is 23.9. The summed E-state index contributed by atoms with van der Waals surface area (Å²) in [6, 6.07) is 15.8. The molecule has 0 spiro atoms. The molecule has 1 fully saturated rings. The summed E-state index contributed by atoms with van der Waals surface area (Å²) in [6.45, 7) is 9.75. The van der Waals surface area contributed by atoms with E-state index in [-0.39, 0.29) is 16.9 Å². The minimum atomic E-state index is -0.380. The van der Waals surface area contributed by atoms with Crippen LogP contribution in [0.4, 0.5) is 5.69 Å². The molecule has 2 aliphatic heterocycles. The van der Waals surface area contributed by atoms with E-state index in [1.165, 1.54) is 0 Å². The minimum absolute atomic E-state index is 0.107. The molecule has 220 valence electrons. The number of aromatic nitrogens is 1. The quantitative estimate of drug-likeness (QED) is 0.196. The van der Waals surface area contributed by atoms with Crippen molar-refractivity contribution in [3.05, 3.63) is 70.5 Å². The van der Waals surface area contributed by atoms with Gasteiger partial charge in [-0.25, -0.2) is 0 Å². The van der Waals surface area contributed by atoms with Gasteiger partial charge in [0.25, 0.3) is 5.91 Å². The summed E-state index contributed by atoms with van der Waals surface area (Å²) in [5, 5.41) is 12.3. The summed E-state index contributed by atoms with van der Waals surface area (Å²) in [4.78, 5) is 29.3. The number of morpholine rings is 1. The molecule has 3 N–H and O–H groups in total. The lowest BCUT2D eigenvalue weighted by molar-refractivity contribution is 0.0383. The first-order chi connectivity index (χ1) is 20.6. The standard InChI is InChI=1S/C32H37N5O5/c1-2-40-16-12-33-9-10-34-26-8-7-24-29-31(26)42-28-20-23-6-4-3-5-22(23)19-27(28)37(29)21-25(30(24)38)32(39)35-11-13-36-14-17-41-18-15-36/h3-8,19-21,33-34H,2,9-18H2,1H3,(H,35,39). The smallest absolute Gasteiger partial charge is 0.256 e. The number of carbonyl (C=O) groups is 1. The van der Waals surface area contributed by atoms with Crippen molar-refractivity contribution in [1.29, 1.82) is 0 Å². The van der Waals surface area contributed by atoms with E-state index in [9.17, 15) is 9.59 Å². The van der Waals surface area contributed by atoms with Crippen LogP contribution >= 0.6 is 0 Å². The number of hydrogen-bond donors (Lipinski definition) is 3. The van der Waals surface area contributed by atoms with Gasteiger partial charge in [-0.3, -0.25) is 14.5 Å². The van der Waals surface area contributed by atoms with Gasteiger partial charge < -0.3 is 34.7 Å². The molecule has 0 unspecified atom stereocenters. The topological polar surface area (TPSA) is 106 Å². The molecule has 1 saturated heterocycles. The summed E-state index contributed by atoms with van der Waals surface area (Å²) < 4.78 is 19.2. The molecule has 1 amide bonds. The highest BCUT2D eigenvalue weighted by Crippen LogP contribution is 2.45. The maximum absolute atomic E-state index is 13.7. The monoisotopic (exact) mass is 571 g/mol. The highest BCUT2D eigenvalue weighted by Gasteiger charge is 2.26. The molecule has 3 heterocycles. The number of rotatable bonds is 12. The zero-order chi connectivity index (χ0) is 28.9. The molecule has 4 aromatic rings. The second-order valence-corrected chi connectivity index (χ2v) is 10.4. The van der Waals surface area contributed by atoms with Crippen molar-refractivity contribution in [3.8, 4) is 17.2 Å². The van der Waals surface area contributed by atoms with Crippen LogP contribution in [0.15, 0.2) is 59.5 Å². The summed E-state index contributed by atoms with van der Waals surface area (Å²) in [5.74, 6) is 0.851. The first kappa shape index (κ1) is 28.2. The highest BCUT2D eigenvalue weighted by atomic mass is 16.5. The van der Waals surface area contributed by atoms with Gasteiger partial charge in [0, 0.05) is 58.6 Å². The van der Waals surface area contributed by atoms with Gasteiger partial charge in [-0.05, 0) is 42.0 Å². The summed E-state index contributed by atoms with van der Waals surface area (Å²) in [6.07, 6.45) is 1.66. The molecule has 6 rings (SSSR count). The van der Waals surface area contributed by atoms with Gasteiger partial charge in [-0.1, -0.05) is 24.3 Å². The Balaban J connectivity index is 1.33. The van der Waals surface area contributed by atoms with Crippen molar-refractivity contribution >= 4 is 33.3 Å². The number of carbonyl (C=O) groups excluding carboxylic acids is 1. The molecule has 0 bridgehead atoms. The van der Waals surface area contributed by atoms with E-state index in [2.05, 4.69) is 20.9 Å². The second kappa shape index (κ2) is 12.9. The van der Waals surface area contributed by atoms with Gasteiger partial charge in [0.05, 0.1) is 36.6 Å². The largest absolute Gasteiger partial charge is 0.451 e. The molecule has 10 nitrogen and oxygen atoms in total. The first-order valence-corrected chi connectivity index (χ1v) is 14.7. The predicted octanol–water partition coefficient (Wildman–Crippen LogP) is 3.35. The Morgan fingerprint density at radius 3 is 2.62 bits per heavy atom. The Labute approximate surface area is 244 Å². The minimum Gasteiger partial charge on any atom is -0.451 e. The lowest BCUT2D eigenvalue weighted by atomic mass is 10.0. The number of anilines is 1. The number of ether oxygens (including phenoxy) is 3. The van der Waals surface area contributed by atoms with Crippen molar-refractivity contribution in [2.75, 3.05) is 77.6 Å². The number of pyridine rings is 1. The van der Waals surface area contributed by atoms with Crippen LogP contribution in [0.3, 0.4) is 0 Å². The van der Waals surface area contributed by atoms with Gasteiger partial charge in [-0.2, -0.15) is 0 Å². The number of nitrogens with zero attached hydrogens (tertiary/aromatic N) is 2. The fraction of sp³-hybridized carbons (Fsp3) is 0.375. The van der Waals surface area contributed by atoms with E-state index in [1.807, 2.05) is 54.0 Å². The lowest BCUT2D eigenvalue weighted by Crippen LogP contribution is -2.42. The Morgan fingerprint density at radius 2 is 1.81 bits per heavy atom. The average molecular weight is 572 g/mol. The number of hydrogen-bond acceptors (Lipinski definition) is 8. The maximum atomic E-state index is 13.7. The molecule has 42 heavy (non-hydrogen) atoms. The fourth-order valence-electron chi connectivity index (χ4n) is 5.52. The molecule has 0 saturated carbocycles. The molecule has 1 aromatic heterocycles. The molecule has 2 aliphatic rings. The predicted molar refractivity (Wildman–Crippen MR) is 165 cm³/mol. The SMILES string of the molecule is CCOCCNCCNc1ccc2c(=O)c(C(=O)NCCN3CCOCC3)cn3c2c1Oc1cc2ccccc2cc1-3. The maximum Gasteiger partial charge on any atom is 0.256 e. The molecule has 0 atom stereocenters. The van der Waals surface area contributed by atoms with Crippen LogP contribution in [0.2, 0.25) is 0 Å². The Kier molecular flexibility index (Phi) is 8.66. The molecule has 10 heteroatoms. The number of fused-ring (bicyclic) bond motifs is 3. The van der Waals surface area contributed by atoms with Crippen molar-refractivity contribution in [2.24, 2.45) is 0 Å². The van der Waals surface area contributed by atoms with Crippen LogP contribution in [0, 0.1) is 0 Å². The lowest BCUT2D eigenvalue weighted by Gasteiger charge is -2.27. The number of benzene rings is 3. The van der Waals surface area contributed by atoms with Crippen LogP contribution in [0.25, 0.3) is 27.4 Å². The second-order valence-electron chi connectivity index (χ2n) is 10.4. The van der Waals surface area contributed by atoms with E-state index in [4.69, 9.17) is 14.2 Å². The van der Waals surface area contributed by atoms with Crippen LogP contribution in [-0.4, -0.2) is 87.6 Å². The molecule has 3 aromatic carbocycles. The Morgan fingerprint density at radius 1 is 1.00 bits per heavy atom. The highest BCUT2D eigenvalue weighted by molar-refractivity contribution is 6.01. The van der Waals surface area contributed by atoms with Crippen LogP contribution in [-0.2, 0) is 9.47 Å². The third-order valence-electron chi connectivity index (χ3n) is 7.73. The van der Waals surface area contributed by atoms with Gasteiger partial charge in [0.2, 0.25) is 5.43 Å². The average Bonchev–Trinajstić information content (AvgIpc) is 3.02. The van der Waals surface area contributed by atoms with Gasteiger partial charge >= 0.3 is 0 Å². The molecule has 0 aliphatic carbocycles. The van der Waals surface area contributed by atoms with E-state index in [0.717, 1.165) is 48.3 Å². The summed E-state index contributed by atoms with van der Waals surface area (Å²) in [5.41, 5.74) is 1.99. The van der Waals surface area contributed by atoms with Crippen LogP contribution in [0.1, 0.15) is 17.3 Å². The normalized spacial score (nSPS) is 14.5. The van der Waals surface area contributed by atoms with Crippen molar-refractivity contribution in [2.45, 2.75) is 6.92 Å². The van der Waals surface area contributed by atoms with Gasteiger partial charge in [0.1, 0.15) is 11.1 Å². The van der Waals surface area contributed by atoms with Crippen molar-refractivity contribution < 1.29 is 19.0 Å². The summed E-state index contributed by atoms with van der Waals surface area (Å²) >= 11 is 0. The van der Waals surface area contributed by atoms with E-state index >= 15 is 0 Å². The third kappa shape index (κ3) is 5.84. The van der Waals surface area contributed by atoms with E-state index in [1.54, 1.807) is 12.3 Å². The number of amides is 1. The first-order valence-electron chi connectivity index (χ1n) is 14.7. The zero-order valence-corrected chi connectivity index (χ0v) is 23.9. The van der Waals surface area contributed by atoms with Crippen LogP contribution in [0.5, 0.6) is 11.5 Å². The van der Waals surface area contributed by atoms with E-state index < -0.39 is 0 Å². The molecular formula is C32H37N5O5. The fourth-order valence-corrected chi connectivity index (χ4v) is 5.52. The molecule has 0 radical (unpaired) electrons. The van der Waals surface area contributed by atoms with E-state index in [0.29, 0.717) is 68.5 Å². The summed E-state index contributed by atoms with van der Waals surface area (Å²) in [7, 11) is 0. The van der Waals surface area contributed by atoms with Crippen molar-refractivity contribution in [3.63, 3.8) is 0 Å². The van der Waals surface area contributed by atoms with Crippen molar-refractivity contribution in [1.82, 2.24) is 20.1 Å². The van der Waals surface area contributed by atoms with Gasteiger partial charge in [0.15, 0.2) is 11.5 Å².